The molecule has 0 aliphatic heterocycles. The lowest BCUT2D eigenvalue weighted by Crippen LogP contribution is -1.94. The SMILES string of the molecule is Nc1ccc(SCc2cc(C(=O)O)no2)c(F)c1. The minimum Gasteiger partial charge on any atom is -0.476 e. The normalized spacial score (nSPS) is 10.5. The van der Waals surface area contributed by atoms with Gasteiger partial charge in [-0.1, -0.05) is 5.16 Å². The van der Waals surface area contributed by atoms with Crippen LogP contribution in [0, 0.1) is 5.82 Å². The molecule has 0 aliphatic rings. The van der Waals surface area contributed by atoms with Crippen LogP contribution in [0.1, 0.15) is 16.2 Å². The van der Waals surface area contributed by atoms with Crippen LogP contribution in [0.15, 0.2) is 33.7 Å². The molecule has 3 N–H and O–H groups in total. The van der Waals surface area contributed by atoms with Crippen molar-refractivity contribution in [3.63, 3.8) is 0 Å². The molecule has 0 amide bonds. The summed E-state index contributed by atoms with van der Waals surface area (Å²) in [6.45, 7) is 0. The van der Waals surface area contributed by atoms with E-state index in [1.165, 1.54) is 23.9 Å². The molecular weight excluding hydrogens is 259 g/mol. The van der Waals surface area contributed by atoms with Crippen molar-refractivity contribution in [2.24, 2.45) is 0 Å². The topological polar surface area (TPSA) is 89.4 Å². The Kier molecular flexibility index (Phi) is 3.52. The number of nitrogens with two attached hydrogens (primary N) is 1. The third-order valence-corrected chi connectivity index (χ3v) is 3.17. The van der Waals surface area contributed by atoms with Crippen molar-refractivity contribution in [3.05, 3.63) is 41.5 Å². The first kappa shape index (κ1) is 12.4. The van der Waals surface area contributed by atoms with Crippen molar-refractivity contribution in [1.82, 2.24) is 5.16 Å². The Balaban J connectivity index is 2.04. The Morgan fingerprint density at radius 2 is 2.28 bits per heavy atom. The van der Waals surface area contributed by atoms with Crippen LogP contribution in [-0.2, 0) is 5.75 Å². The van der Waals surface area contributed by atoms with E-state index in [9.17, 15) is 9.18 Å². The highest BCUT2D eigenvalue weighted by atomic mass is 32.2. The van der Waals surface area contributed by atoms with Gasteiger partial charge in [0.2, 0.25) is 0 Å². The van der Waals surface area contributed by atoms with Crippen LogP contribution in [0.4, 0.5) is 10.1 Å². The van der Waals surface area contributed by atoms with Gasteiger partial charge in [-0.3, -0.25) is 0 Å². The van der Waals surface area contributed by atoms with Crippen LogP contribution >= 0.6 is 11.8 Å². The molecular formula is C11H9FN2O3S. The van der Waals surface area contributed by atoms with Crippen molar-refractivity contribution in [1.29, 1.82) is 0 Å². The number of aromatic carboxylic acids is 1. The first-order chi connectivity index (χ1) is 8.56. The van der Waals surface area contributed by atoms with Gasteiger partial charge in [-0.2, -0.15) is 0 Å². The van der Waals surface area contributed by atoms with Gasteiger partial charge in [-0.25, -0.2) is 9.18 Å². The van der Waals surface area contributed by atoms with E-state index in [4.69, 9.17) is 15.4 Å². The van der Waals surface area contributed by atoms with Crippen LogP contribution in [0.2, 0.25) is 0 Å². The van der Waals surface area contributed by atoms with Crippen molar-refractivity contribution in [3.8, 4) is 0 Å². The maximum Gasteiger partial charge on any atom is 0.358 e. The number of benzene rings is 1. The van der Waals surface area contributed by atoms with Gasteiger partial charge >= 0.3 is 5.97 Å². The van der Waals surface area contributed by atoms with Gasteiger partial charge in [0.25, 0.3) is 0 Å². The largest absolute Gasteiger partial charge is 0.476 e. The number of carboxylic acid groups (broad SMARTS) is 1. The Labute approximate surface area is 106 Å². The molecule has 0 atom stereocenters. The summed E-state index contributed by atoms with van der Waals surface area (Å²) in [6.07, 6.45) is 0. The van der Waals surface area contributed by atoms with E-state index in [1.54, 1.807) is 12.1 Å². The smallest absolute Gasteiger partial charge is 0.358 e. The first-order valence-corrected chi connectivity index (χ1v) is 5.91. The monoisotopic (exact) mass is 268 g/mol. The highest BCUT2D eigenvalue weighted by molar-refractivity contribution is 7.98. The predicted octanol–water partition coefficient (Wildman–Crippen LogP) is 2.39. The van der Waals surface area contributed by atoms with Crippen LogP contribution in [-0.4, -0.2) is 16.2 Å². The van der Waals surface area contributed by atoms with E-state index >= 15 is 0 Å². The molecule has 0 unspecified atom stereocenters. The van der Waals surface area contributed by atoms with Crippen molar-refractivity contribution in [2.45, 2.75) is 10.6 Å². The molecule has 2 rings (SSSR count). The number of hydrogen-bond acceptors (Lipinski definition) is 5. The summed E-state index contributed by atoms with van der Waals surface area (Å²) >= 11 is 1.18. The van der Waals surface area contributed by atoms with Gasteiger partial charge in [-0.15, -0.1) is 11.8 Å². The number of carboxylic acids is 1. The summed E-state index contributed by atoms with van der Waals surface area (Å²) in [6, 6.07) is 5.69. The van der Waals surface area contributed by atoms with E-state index < -0.39 is 11.8 Å². The molecule has 5 nitrogen and oxygen atoms in total. The van der Waals surface area contributed by atoms with Gasteiger partial charge in [0.1, 0.15) is 11.6 Å². The molecule has 0 radical (unpaired) electrons. The van der Waals surface area contributed by atoms with Crippen molar-refractivity contribution >= 4 is 23.4 Å². The standard InChI is InChI=1S/C11H9FN2O3S/c12-8-3-6(13)1-2-10(8)18-5-7-4-9(11(15)16)14-17-7/h1-4H,5,13H2,(H,15,16). The van der Waals surface area contributed by atoms with E-state index in [1.807, 2.05) is 0 Å². The van der Waals surface area contributed by atoms with E-state index in [2.05, 4.69) is 5.16 Å². The van der Waals surface area contributed by atoms with Crippen LogP contribution in [0.5, 0.6) is 0 Å². The number of nitrogens with zero attached hydrogens (tertiary/aromatic N) is 1. The number of nitrogen functional groups attached to an aromatic ring is 1. The van der Waals surface area contributed by atoms with Crippen LogP contribution in [0.25, 0.3) is 0 Å². The zero-order chi connectivity index (χ0) is 13.1. The number of rotatable bonds is 4. The highest BCUT2D eigenvalue weighted by Crippen LogP contribution is 2.26. The second kappa shape index (κ2) is 5.09. The lowest BCUT2D eigenvalue weighted by molar-refractivity contribution is 0.0685. The molecule has 1 aromatic heterocycles. The quantitative estimate of drug-likeness (QED) is 0.653. The van der Waals surface area contributed by atoms with Crippen LogP contribution < -0.4 is 5.73 Å². The Bertz CT molecular complexity index is 585. The number of aromatic nitrogens is 1. The second-order valence-corrected chi connectivity index (χ2v) is 4.48. The van der Waals surface area contributed by atoms with Gasteiger partial charge in [0, 0.05) is 16.6 Å². The number of halogens is 1. The Morgan fingerprint density at radius 1 is 1.50 bits per heavy atom. The summed E-state index contributed by atoms with van der Waals surface area (Å²) < 4.78 is 18.3. The average molecular weight is 268 g/mol. The van der Waals surface area contributed by atoms with Crippen LogP contribution in [0.3, 0.4) is 0 Å². The third-order valence-electron chi connectivity index (χ3n) is 2.10. The lowest BCUT2D eigenvalue weighted by Gasteiger charge is -2.01. The van der Waals surface area contributed by atoms with Crippen molar-refractivity contribution in [2.75, 3.05) is 5.73 Å². The van der Waals surface area contributed by atoms with E-state index in [0.717, 1.165) is 0 Å². The molecule has 18 heavy (non-hydrogen) atoms. The molecule has 2 aromatic rings. The third kappa shape index (κ3) is 2.80. The van der Waals surface area contributed by atoms with E-state index in [-0.39, 0.29) is 5.69 Å². The van der Waals surface area contributed by atoms with E-state index in [0.29, 0.717) is 22.1 Å². The summed E-state index contributed by atoms with van der Waals surface area (Å²) in [7, 11) is 0. The Hall–Kier alpha value is -2.02. The molecule has 0 saturated heterocycles. The van der Waals surface area contributed by atoms with Gasteiger partial charge < -0.3 is 15.4 Å². The number of hydrogen-bond donors (Lipinski definition) is 2. The molecule has 1 heterocycles. The summed E-state index contributed by atoms with van der Waals surface area (Å²) in [5.41, 5.74) is 5.62. The second-order valence-electron chi connectivity index (χ2n) is 3.46. The molecule has 0 spiro atoms. The molecule has 0 aliphatic carbocycles. The number of carbonyl (C=O) groups is 1. The van der Waals surface area contributed by atoms with Gasteiger partial charge in [0.15, 0.2) is 5.69 Å². The Morgan fingerprint density at radius 3 is 2.89 bits per heavy atom. The molecule has 0 saturated carbocycles. The maximum absolute atomic E-state index is 13.4. The number of thioether (sulfide) groups is 1. The fourth-order valence-electron chi connectivity index (χ4n) is 1.26. The fraction of sp³-hybridized carbons (Fsp3) is 0.0909. The minimum absolute atomic E-state index is 0.164. The average Bonchev–Trinajstić information content (AvgIpc) is 2.76. The zero-order valence-electron chi connectivity index (χ0n) is 9.09. The first-order valence-electron chi connectivity index (χ1n) is 4.93. The summed E-state index contributed by atoms with van der Waals surface area (Å²) in [5.74, 6) is -0.915. The molecule has 0 bridgehead atoms. The van der Waals surface area contributed by atoms with Gasteiger partial charge in [-0.05, 0) is 18.2 Å². The maximum atomic E-state index is 13.4. The van der Waals surface area contributed by atoms with Gasteiger partial charge in [0.05, 0.1) is 5.75 Å². The molecule has 94 valence electrons. The van der Waals surface area contributed by atoms with Crippen molar-refractivity contribution < 1.29 is 18.8 Å². The predicted molar refractivity (Wildman–Crippen MR) is 63.8 cm³/mol. The highest BCUT2D eigenvalue weighted by Gasteiger charge is 2.11. The number of anilines is 1. The summed E-state index contributed by atoms with van der Waals surface area (Å²) in [4.78, 5) is 11.0. The molecule has 1 aromatic carbocycles. The molecule has 7 heteroatoms. The lowest BCUT2D eigenvalue weighted by atomic mass is 10.3. The minimum atomic E-state index is -1.16. The molecule has 0 fully saturated rings. The fourth-order valence-corrected chi connectivity index (χ4v) is 2.06. The summed E-state index contributed by atoms with van der Waals surface area (Å²) in [5, 5.41) is 12.0. The zero-order valence-corrected chi connectivity index (χ0v) is 9.91.